The predicted octanol–water partition coefficient (Wildman–Crippen LogP) is 3.80. The highest BCUT2D eigenvalue weighted by Crippen LogP contribution is 2.34. The van der Waals surface area contributed by atoms with E-state index in [1.54, 1.807) is 6.07 Å². The Hall–Kier alpha value is -0.600. The first kappa shape index (κ1) is 12.8. The molecule has 0 heterocycles. The molecule has 1 atom stereocenters. The van der Waals surface area contributed by atoms with Gasteiger partial charge in [0.25, 0.3) is 0 Å². The Balaban J connectivity index is 1.83. The van der Waals surface area contributed by atoms with Crippen molar-refractivity contribution >= 4 is 11.6 Å². The average molecular weight is 256 g/mol. The van der Waals surface area contributed by atoms with Crippen LogP contribution in [0.2, 0.25) is 5.02 Å². The second-order valence-corrected chi connectivity index (χ2v) is 5.24. The molecule has 0 radical (unpaired) electrons. The van der Waals surface area contributed by atoms with E-state index in [2.05, 4.69) is 5.32 Å². The zero-order valence-corrected chi connectivity index (χ0v) is 10.9. The van der Waals surface area contributed by atoms with Gasteiger partial charge in [0.05, 0.1) is 5.02 Å². The van der Waals surface area contributed by atoms with E-state index in [0.29, 0.717) is 6.04 Å². The molecule has 17 heavy (non-hydrogen) atoms. The Labute approximate surface area is 107 Å². The summed E-state index contributed by atoms with van der Waals surface area (Å²) in [4.78, 5) is 0. The maximum Gasteiger partial charge on any atom is 0.144 e. The van der Waals surface area contributed by atoms with Gasteiger partial charge in [-0.05, 0) is 56.7 Å². The molecule has 1 N–H and O–H groups in total. The molecule has 0 bridgehead atoms. The first-order chi connectivity index (χ1) is 8.22. The Bertz CT molecular complexity index is 376. The number of nitrogens with one attached hydrogen (secondary N) is 1. The monoisotopic (exact) mass is 255 g/mol. The van der Waals surface area contributed by atoms with Crippen molar-refractivity contribution in [2.24, 2.45) is 5.92 Å². The Morgan fingerprint density at radius 3 is 2.88 bits per heavy atom. The molecule has 0 amide bonds. The molecule has 1 nitrogen and oxygen atoms in total. The van der Waals surface area contributed by atoms with Crippen LogP contribution in [-0.2, 0) is 6.42 Å². The maximum atomic E-state index is 13.6. The standard InChI is InChI=1S/C14H19ClFN/c1-17-13(10-8-9-10)7-3-5-11-4-2-6-12(15)14(11)16/h2,4,6,10,13,17H,3,5,7-9H2,1H3. The molecule has 1 aromatic rings. The zero-order chi connectivity index (χ0) is 12.3. The van der Waals surface area contributed by atoms with Gasteiger partial charge in [-0.1, -0.05) is 23.7 Å². The highest BCUT2D eigenvalue weighted by atomic mass is 35.5. The topological polar surface area (TPSA) is 12.0 Å². The van der Waals surface area contributed by atoms with E-state index in [1.165, 1.54) is 12.8 Å². The van der Waals surface area contributed by atoms with Crippen LogP contribution in [0.4, 0.5) is 4.39 Å². The number of hydrogen-bond acceptors (Lipinski definition) is 1. The fourth-order valence-corrected chi connectivity index (χ4v) is 2.56. The minimum atomic E-state index is -0.249. The van der Waals surface area contributed by atoms with Crippen molar-refractivity contribution < 1.29 is 4.39 Å². The second-order valence-electron chi connectivity index (χ2n) is 4.84. The van der Waals surface area contributed by atoms with Gasteiger partial charge in [-0.3, -0.25) is 0 Å². The molecule has 1 aliphatic rings. The number of rotatable bonds is 6. The van der Waals surface area contributed by atoms with Crippen molar-refractivity contribution in [3.05, 3.63) is 34.6 Å². The summed E-state index contributed by atoms with van der Waals surface area (Å²) in [6.45, 7) is 0. The van der Waals surface area contributed by atoms with Crippen LogP contribution >= 0.6 is 11.6 Å². The van der Waals surface area contributed by atoms with Gasteiger partial charge in [-0.25, -0.2) is 4.39 Å². The first-order valence-electron chi connectivity index (χ1n) is 6.32. The molecule has 3 heteroatoms. The van der Waals surface area contributed by atoms with E-state index >= 15 is 0 Å². The largest absolute Gasteiger partial charge is 0.317 e. The van der Waals surface area contributed by atoms with E-state index in [0.717, 1.165) is 30.7 Å². The third-order valence-corrected chi connectivity index (χ3v) is 3.85. The van der Waals surface area contributed by atoms with Crippen molar-refractivity contribution in [2.75, 3.05) is 7.05 Å². The van der Waals surface area contributed by atoms with Gasteiger partial charge < -0.3 is 5.32 Å². The van der Waals surface area contributed by atoms with Crippen molar-refractivity contribution in [3.63, 3.8) is 0 Å². The summed E-state index contributed by atoms with van der Waals surface area (Å²) in [7, 11) is 2.02. The predicted molar refractivity (Wildman–Crippen MR) is 69.9 cm³/mol. The van der Waals surface area contributed by atoms with Gasteiger partial charge in [-0.15, -0.1) is 0 Å². The fourth-order valence-electron chi connectivity index (χ4n) is 2.37. The molecule has 1 unspecified atom stereocenters. The number of benzene rings is 1. The lowest BCUT2D eigenvalue weighted by molar-refractivity contribution is 0.454. The van der Waals surface area contributed by atoms with E-state index in [9.17, 15) is 4.39 Å². The van der Waals surface area contributed by atoms with Crippen molar-refractivity contribution in [3.8, 4) is 0 Å². The van der Waals surface area contributed by atoms with Gasteiger partial charge in [-0.2, -0.15) is 0 Å². The quantitative estimate of drug-likeness (QED) is 0.815. The fraction of sp³-hybridized carbons (Fsp3) is 0.571. The Morgan fingerprint density at radius 2 is 2.24 bits per heavy atom. The SMILES string of the molecule is CNC(CCCc1cccc(Cl)c1F)C1CC1. The molecule has 94 valence electrons. The highest BCUT2D eigenvalue weighted by molar-refractivity contribution is 6.30. The molecule has 1 aliphatic carbocycles. The van der Waals surface area contributed by atoms with E-state index in [-0.39, 0.29) is 10.8 Å². The van der Waals surface area contributed by atoms with Crippen LogP contribution < -0.4 is 5.32 Å². The highest BCUT2D eigenvalue weighted by Gasteiger charge is 2.29. The molecular weight excluding hydrogens is 237 g/mol. The minimum absolute atomic E-state index is 0.231. The van der Waals surface area contributed by atoms with E-state index < -0.39 is 0 Å². The normalized spacial score (nSPS) is 17.1. The number of halogens is 2. The third kappa shape index (κ3) is 3.43. The number of hydrogen-bond donors (Lipinski definition) is 1. The van der Waals surface area contributed by atoms with Crippen LogP contribution in [0, 0.1) is 11.7 Å². The van der Waals surface area contributed by atoms with Crippen LogP contribution in [0.25, 0.3) is 0 Å². The molecule has 0 saturated heterocycles. The van der Waals surface area contributed by atoms with Crippen LogP contribution in [0.5, 0.6) is 0 Å². The second kappa shape index (κ2) is 5.83. The smallest absolute Gasteiger partial charge is 0.144 e. The van der Waals surface area contributed by atoms with Crippen LogP contribution in [0.1, 0.15) is 31.2 Å². The van der Waals surface area contributed by atoms with Crippen molar-refractivity contribution in [1.29, 1.82) is 0 Å². The maximum absolute atomic E-state index is 13.6. The molecule has 0 spiro atoms. The summed E-state index contributed by atoms with van der Waals surface area (Å²) in [6.07, 6.45) is 5.59. The van der Waals surface area contributed by atoms with Crippen molar-refractivity contribution in [2.45, 2.75) is 38.1 Å². The molecule has 0 aliphatic heterocycles. The van der Waals surface area contributed by atoms with Gasteiger partial charge in [0.1, 0.15) is 5.82 Å². The van der Waals surface area contributed by atoms with Gasteiger partial charge in [0, 0.05) is 6.04 Å². The first-order valence-corrected chi connectivity index (χ1v) is 6.70. The van der Waals surface area contributed by atoms with E-state index in [1.807, 2.05) is 19.2 Å². The zero-order valence-electron chi connectivity index (χ0n) is 10.2. The Kier molecular flexibility index (Phi) is 4.41. The van der Waals surface area contributed by atoms with E-state index in [4.69, 9.17) is 11.6 Å². The Morgan fingerprint density at radius 1 is 1.47 bits per heavy atom. The molecule has 1 saturated carbocycles. The molecule has 2 rings (SSSR count). The van der Waals surface area contributed by atoms with Crippen LogP contribution in [0.3, 0.4) is 0 Å². The summed E-state index contributed by atoms with van der Waals surface area (Å²) in [5, 5.41) is 3.59. The van der Waals surface area contributed by atoms with Gasteiger partial charge in [0.15, 0.2) is 0 Å². The van der Waals surface area contributed by atoms with Gasteiger partial charge >= 0.3 is 0 Å². The van der Waals surface area contributed by atoms with Crippen LogP contribution in [0.15, 0.2) is 18.2 Å². The number of aryl methyl sites for hydroxylation is 1. The molecule has 1 fully saturated rings. The van der Waals surface area contributed by atoms with Gasteiger partial charge in [0.2, 0.25) is 0 Å². The lowest BCUT2D eigenvalue weighted by atomic mass is 10.0. The lowest BCUT2D eigenvalue weighted by Crippen LogP contribution is -2.27. The van der Waals surface area contributed by atoms with Crippen LogP contribution in [-0.4, -0.2) is 13.1 Å². The summed E-state index contributed by atoms with van der Waals surface area (Å²) in [5.74, 6) is 0.603. The summed E-state index contributed by atoms with van der Waals surface area (Å²) in [6, 6.07) is 5.85. The molecule has 1 aromatic carbocycles. The summed E-state index contributed by atoms with van der Waals surface area (Å²) < 4.78 is 13.6. The summed E-state index contributed by atoms with van der Waals surface area (Å²) >= 11 is 5.76. The minimum Gasteiger partial charge on any atom is -0.317 e. The van der Waals surface area contributed by atoms with Crippen molar-refractivity contribution in [1.82, 2.24) is 5.32 Å². The lowest BCUT2D eigenvalue weighted by Gasteiger charge is -2.15. The molecule has 0 aromatic heterocycles. The third-order valence-electron chi connectivity index (χ3n) is 3.55. The average Bonchev–Trinajstić information content (AvgIpc) is 3.14. The molecular formula is C14H19ClFN. The summed E-state index contributed by atoms with van der Waals surface area (Å²) in [5.41, 5.74) is 0.739.